The summed E-state index contributed by atoms with van der Waals surface area (Å²) in [6.45, 7) is 6.87. The highest BCUT2D eigenvalue weighted by Crippen LogP contribution is 2.40. The van der Waals surface area contributed by atoms with Crippen molar-refractivity contribution in [3.05, 3.63) is 88.6 Å². The average Bonchev–Trinajstić information content (AvgIpc) is 3.44. The van der Waals surface area contributed by atoms with E-state index < -0.39 is 46.5 Å². The van der Waals surface area contributed by atoms with E-state index >= 15 is 0 Å². The van der Waals surface area contributed by atoms with E-state index in [0.717, 1.165) is 5.56 Å². The zero-order chi connectivity index (χ0) is 29.0. The number of halogens is 1. The monoisotopic (exact) mass is 568 g/mol. The summed E-state index contributed by atoms with van der Waals surface area (Å²) in [5.74, 6) is -1.64. The molecular weight excluding hydrogens is 535 g/mol. The zero-order valence-corrected chi connectivity index (χ0v) is 23.6. The first-order valence-corrected chi connectivity index (χ1v) is 13.9. The predicted molar refractivity (Wildman–Crippen MR) is 149 cm³/mol. The second kappa shape index (κ2) is 12.2. The molecule has 2 heterocycles. The maximum Gasteiger partial charge on any atom is 0.257 e. The number of aliphatic hydroxyl groups is 1. The third kappa shape index (κ3) is 6.37. The Bertz CT molecular complexity index is 1360. The molecule has 0 saturated carbocycles. The van der Waals surface area contributed by atoms with E-state index in [1.807, 2.05) is 44.2 Å². The molecule has 1 aliphatic rings. The fraction of sp³-hybridized carbons (Fsp3) is 0.379. The molecule has 1 saturated heterocycles. The van der Waals surface area contributed by atoms with Gasteiger partial charge in [-0.1, -0.05) is 53.7 Å². The SMILES string of the molecule is Cc1noc(C)c1C(=O)N[C@@H](Cc1ccccc1)[C@H](O)C(=O)N1CSC(C)(C)[C@H]1C(=O)NCc1ccccc1F. The molecule has 3 atom stereocenters. The van der Waals surface area contributed by atoms with Gasteiger partial charge in [0, 0.05) is 16.9 Å². The molecule has 9 nitrogen and oxygen atoms in total. The van der Waals surface area contributed by atoms with Gasteiger partial charge in [-0.25, -0.2) is 4.39 Å². The van der Waals surface area contributed by atoms with Gasteiger partial charge in [0.15, 0.2) is 6.10 Å². The van der Waals surface area contributed by atoms with Gasteiger partial charge in [0.05, 0.1) is 17.6 Å². The first kappa shape index (κ1) is 29.3. The molecule has 0 bridgehead atoms. The van der Waals surface area contributed by atoms with Gasteiger partial charge in [-0.2, -0.15) is 0 Å². The lowest BCUT2D eigenvalue weighted by Gasteiger charge is -2.33. The van der Waals surface area contributed by atoms with Crippen LogP contribution >= 0.6 is 11.8 Å². The molecule has 11 heteroatoms. The Morgan fingerprint density at radius 3 is 2.48 bits per heavy atom. The molecular formula is C29H33FN4O5S. The van der Waals surface area contributed by atoms with Crippen LogP contribution in [0.5, 0.6) is 0 Å². The lowest BCUT2D eigenvalue weighted by molar-refractivity contribution is -0.147. The van der Waals surface area contributed by atoms with Crippen molar-refractivity contribution < 1.29 is 28.4 Å². The Labute approximate surface area is 236 Å². The number of hydrogen-bond acceptors (Lipinski definition) is 7. The quantitative estimate of drug-likeness (QED) is 0.362. The number of benzene rings is 2. The summed E-state index contributed by atoms with van der Waals surface area (Å²) in [4.78, 5) is 41.6. The summed E-state index contributed by atoms with van der Waals surface area (Å²) in [5, 5.41) is 20.7. The Hall–Kier alpha value is -3.70. The van der Waals surface area contributed by atoms with Crippen LogP contribution in [0.15, 0.2) is 59.1 Å². The zero-order valence-electron chi connectivity index (χ0n) is 22.8. The van der Waals surface area contributed by atoms with Gasteiger partial charge in [-0.05, 0) is 45.7 Å². The molecule has 1 aliphatic heterocycles. The first-order chi connectivity index (χ1) is 19.0. The molecule has 3 aromatic rings. The topological polar surface area (TPSA) is 125 Å². The van der Waals surface area contributed by atoms with Gasteiger partial charge in [-0.15, -0.1) is 11.8 Å². The fourth-order valence-corrected chi connectivity index (χ4v) is 5.97. The Kier molecular flexibility index (Phi) is 8.95. The number of aromatic nitrogens is 1. The molecule has 0 radical (unpaired) electrons. The number of hydrogen-bond donors (Lipinski definition) is 3. The van der Waals surface area contributed by atoms with Crippen molar-refractivity contribution in [1.29, 1.82) is 0 Å². The number of amides is 3. The summed E-state index contributed by atoms with van der Waals surface area (Å²) in [5.41, 5.74) is 1.75. The summed E-state index contributed by atoms with van der Waals surface area (Å²) < 4.78 is 18.5. The van der Waals surface area contributed by atoms with Gasteiger partial charge < -0.3 is 25.2 Å². The Morgan fingerprint density at radius 2 is 1.82 bits per heavy atom. The van der Waals surface area contributed by atoms with Crippen LogP contribution in [0.4, 0.5) is 4.39 Å². The number of rotatable bonds is 9. The average molecular weight is 569 g/mol. The predicted octanol–water partition coefficient (Wildman–Crippen LogP) is 3.13. The Balaban J connectivity index is 1.55. The van der Waals surface area contributed by atoms with Crippen molar-refractivity contribution in [3.8, 4) is 0 Å². The van der Waals surface area contributed by atoms with Crippen molar-refractivity contribution in [2.24, 2.45) is 0 Å². The summed E-state index contributed by atoms with van der Waals surface area (Å²) in [6.07, 6.45) is -1.49. The molecule has 1 fully saturated rings. The molecule has 3 amide bonds. The number of aliphatic hydroxyl groups excluding tert-OH is 1. The second-order valence-corrected chi connectivity index (χ2v) is 11.9. The Morgan fingerprint density at radius 1 is 1.15 bits per heavy atom. The second-order valence-electron chi connectivity index (χ2n) is 10.3. The molecule has 40 heavy (non-hydrogen) atoms. The van der Waals surface area contributed by atoms with Crippen LogP contribution in [-0.2, 0) is 22.6 Å². The van der Waals surface area contributed by atoms with Gasteiger partial charge in [-0.3, -0.25) is 14.4 Å². The van der Waals surface area contributed by atoms with E-state index in [4.69, 9.17) is 4.52 Å². The summed E-state index contributed by atoms with van der Waals surface area (Å²) in [7, 11) is 0. The van der Waals surface area contributed by atoms with Gasteiger partial charge in [0.1, 0.15) is 23.2 Å². The van der Waals surface area contributed by atoms with Crippen LogP contribution in [0.1, 0.15) is 46.8 Å². The van der Waals surface area contributed by atoms with E-state index in [0.29, 0.717) is 17.0 Å². The van der Waals surface area contributed by atoms with E-state index in [1.165, 1.54) is 22.7 Å². The van der Waals surface area contributed by atoms with E-state index in [-0.39, 0.29) is 24.4 Å². The number of nitrogens with zero attached hydrogens (tertiary/aromatic N) is 2. The molecule has 3 N–H and O–H groups in total. The number of carbonyl (C=O) groups is 3. The van der Waals surface area contributed by atoms with Crippen molar-refractivity contribution in [3.63, 3.8) is 0 Å². The normalized spacial score (nSPS) is 17.8. The first-order valence-electron chi connectivity index (χ1n) is 12.9. The third-order valence-electron chi connectivity index (χ3n) is 7.00. The minimum Gasteiger partial charge on any atom is -0.381 e. The number of carbonyl (C=O) groups excluding carboxylic acids is 3. The van der Waals surface area contributed by atoms with Crippen molar-refractivity contribution in [1.82, 2.24) is 20.7 Å². The molecule has 2 aromatic carbocycles. The summed E-state index contributed by atoms with van der Waals surface area (Å²) in [6, 6.07) is 13.4. The highest BCUT2D eigenvalue weighted by atomic mass is 32.2. The maximum atomic E-state index is 14.1. The number of aryl methyl sites for hydroxylation is 2. The highest BCUT2D eigenvalue weighted by molar-refractivity contribution is 8.00. The lowest BCUT2D eigenvalue weighted by atomic mass is 9.96. The molecule has 0 aliphatic carbocycles. The van der Waals surface area contributed by atoms with Crippen molar-refractivity contribution in [2.45, 2.75) is 63.6 Å². The standard InChI is InChI=1S/C29H33FN4O5S/c1-17-23(18(2)39-33-17)26(36)32-22(14-19-10-6-5-7-11-19)24(35)28(38)34-16-40-29(3,4)25(34)27(37)31-15-20-12-8-9-13-21(20)30/h5-13,22,24-25,35H,14-16H2,1-4H3,(H,31,37)(H,32,36)/t22-,24-,25+/m0/s1. The van der Waals surface area contributed by atoms with Crippen LogP contribution in [0.3, 0.4) is 0 Å². The minimum atomic E-state index is -1.65. The lowest BCUT2D eigenvalue weighted by Crippen LogP contribution is -2.58. The minimum absolute atomic E-state index is 0.0442. The summed E-state index contributed by atoms with van der Waals surface area (Å²) >= 11 is 1.40. The van der Waals surface area contributed by atoms with Gasteiger partial charge in [0.25, 0.3) is 11.8 Å². The van der Waals surface area contributed by atoms with Gasteiger partial charge in [0.2, 0.25) is 5.91 Å². The third-order valence-corrected chi connectivity index (χ3v) is 8.37. The van der Waals surface area contributed by atoms with Gasteiger partial charge >= 0.3 is 0 Å². The smallest absolute Gasteiger partial charge is 0.257 e. The molecule has 212 valence electrons. The van der Waals surface area contributed by atoms with Crippen LogP contribution in [0, 0.1) is 19.7 Å². The van der Waals surface area contributed by atoms with Crippen LogP contribution in [-0.4, -0.2) is 61.7 Å². The molecule has 0 unspecified atom stereocenters. The maximum absolute atomic E-state index is 14.1. The largest absolute Gasteiger partial charge is 0.381 e. The number of thioether (sulfide) groups is 1. The van der Waals surface area contributed by atoms with Crippen molar-refractivity contribution in [2.75, 3.05) is 5.88 Å². The molecule has 4 rings (SSSR count). The highest BCUT2D eigenvalue weighted by Gasteiger charge is 2.49. The molecule has 0 spiro atoms. The van der Waals surface area contributed by atoms with E-state index in [1.54, 1.807) is 32.0 Å². The van der Waals surface area contributed by atoms with E-state index in [2.05, 4.69) is 15.8 Å². The van der Waals surface area contributed by atoms with Crippen LogP contribution in [0.2, 0.25) is 0 Å². The molecule has 1 aromatic heterocycles. The fourth-order valence-electron chi connectivity index (χ4n) is 4.83. The van der Waals surface area contributed by atoms with Crippen LogP contribution < -0.4 is 10.6 Å². The van der Waals surface area contributed by atoms with Crippen molar-refractivity contribution >= 4 is 29.5 Å². The van der Waals surface area contributed by atoms with Crippen LogP contribution in [0.25, 0.3) is 0 Å². The van der Waals surface area contributed by atoms with E-state index in [9.17, 15) is 23.9 Å². The number of nitrogens with one attached hydrogen (secondary N) is 2.